The lowest BCUT2D eigenvalue weighted by atomic mass is 10.1. The molecule has 0 spiro atoms. The number of nitrogen functional groups attached to an aromatic ring is 1. The van der Waals surface area contributed by atoms with E-state index in [-0.39, 0.29) is 30.4 Å². The predicted molar refractivity (Wildman–Crippen MR) is 220 cm³/mol. The Morgan fingerprint density at radius 2 is 1.75 bits per heavy atom. The first-order valence-corrected chi connectivity index (χ1v) is 18.1. The number of aldehydes is 1. The second kappa shape index (κ2) is 18.0. The first-order chi connectivity index (χ1) is 27.2. The molecule has 0 saturated heterocycles. The van der Waals surface area contributed by atoms with E-state index in [2.05, 4.69) is 26.0 Å². The van der Waals surface area contributed by atoms with E-state index < -0.39 is 23.5 Å². The summed E-state index contributed by atoms with van der Waals surface area (Å²) in [6.07, 6.45) is 7.46. The van der Waals surface area contributed by atoms with E-state index in [9.17, 15) is 19.2 Å². The van der Waals surface area contributed by atoms with Gasteiger partial charge in [0.25, 0.3) is 5.91 Å². The van der Waals surface area contributed by atoms with Gasteiger partial charge in [0.2, 0.25) is 11.9 Å². The van der Waals surface area contributed by atoms with Gasteiger partial charge in [-0.1, -0.05) is 30.4 Å². The van der Waals surface area contributed by atoms with Crippen molar-refractivity contribution in [2.75, 3.05) is 41.9 Å². The highest BCUT2D eigenvalue weighted by Crippen LogP contribution is 2.33. The van der Waals surface area contributed by atoms with Gasteiger partial charge in [0.05, 0.1) is 24.0 Å². The number of carbonyl (C=O) groups excluding carboxylic acids is 4. The minimum absolute atomic E-state index is 0.115. The molecule has 0 saturated carbocycles. The number of imidazole rings is 1. The molecule has 0 bridgehead atoms. The van der Waals surface area contributed by atoms with Crippen LogP contribution >= 0.6 is 0 Å². The summed E-state index contributed by atoms with van der Waals surface area (Å²) < 4.78 is 20.4. The van der Waals surface area contributed by atoms with Crippen LogP contribution in [0.2, 0.25) is 0 Å². The molecule has 0 aliphatic carbocycles. The number of benzene rings is 3. The van der Waals surface area contributed by atoms with Gasteiger partial charge in [0.1, 0.15) is 46.9 Å². The number of anilines is 4. The van der Waals surface area contributed by atoms with Gasteiger partial charge in [-0.3, -0.25) is 29.7 Å². The Balaban J connectivity index is 1.31. The normalized spacial score (nSPS) is 11.5. The van der Waals surface area contributed by atoms with Crippen molar-refractivity contribution in [1.29, 1.82) is 0 Å². The molecular formula is C41H47N9O7. The average Bonchev–Trinajstić information content (AvgIpc) is 3.71. The number of hydrogen-bond acceptors (Lipinski definition) is 11. The molecule has 16 heteroatoms. The van der Waals surface area contributed by atoms with E-state index in [0.717, 1.165) is 5.56 Å². The molecule has 3 amide bonds. The van der Waals surface area contributed by atoms with Crippen LogP contribution < -0.4 is 36.9 Å². The highest BCUT2D eigenvalue weighted by molar-refractivity contribution is 6.03. The summed E-state index contributed by atoms with van der Waals surface area (Å²) in [6, 6.07) is 15.1. The van der Waals surface area contributed by atoms with Gasteiger partial charge < -0.3 is 35.6 Å². The van der Waals surface area contributed by atoms with E-state index >= 15 is 0 Å². The number of ether oxygens (including phenoxy) is 3. The maximum atomic E-state index is 13.4. The first-order valence-electron chi connectivity index (χ1n) is 18.1. The second-order valence-electron chi connectivity index (χ2n) is 13.8. The number of aromatic nitrogens is 4. The van der Waals surface area contributed by atoms with Crippen molar-refractivity contribution in [1.82, 2.24) is 19.3 Å². The number of rotatable bonds is 16. The Morgan fingerprint density at radius 3 is 2.46 bits per heavy atom. The Hall–Kier alpha value is -7.10. The third-order valence-corrected chi connectivity index (χ3v) is 8.29. The molecule has 16 nitrogen and oxygen atoms in total. The number of nitrogens with zero attached hydrogens (tertiary/aromatic N) is 4. The minimum Gasteiger partial charge on any atom is -0.494 e. The number of nitrogens with one attached hydrogen (secondary N) is 3. The molecule has 0 aliphatic heterocycles. The number of methoxy groups -OCH3 is 1. The molecule has 5 aromatic rings. The lowest BCUT2D eigenvalue weighted by Gasteiger charge is -2.19. The first kappa shape index (κ1) is 41.1. The van der Waals surface area contributed by atoms with Crippen LogP contribution in [-0.2, 0) is 17.8 Å². The number of nitrogens with two attached hydrogens (primary N) is 2. The van der Waals surface area contributed by atoms with Crippen molar-refractivity contribution < 1.29 is 33.4 Å². The molecule has 7 N–H and O–H groups in total. The molecule has 0 radical (unpaired) electrons. The Bertz CT molecular complexity index is 2350. The molecule has 57 heavy (non-hydrogen) atoms. The summed E-state index contributed by atoms with van der Waals surface area (Å²) in [5, 5.41) is 13.2. The van der Waals surface area contributed by atoms with Crippen LogP contribution in [-0.4, -0.2) is 69.4 Å². The van der Waals surface area contributed by atoms with Crippen molar-refractivity contribution in [2.45, 2.75) is 53.3 Å². The minimum atomic E-state index is -0.664. The standard InChI is InChI=1S/C41H47N9O7/c1-7-50-32(18-25(2)48-50)38(53)47-39-46-31-20-27(24-51)21-34(55-6)36(31)49(39)16-9-8-15-44-35-30(42)22-28(37(43)52)23-33(35)56-17-11-13-26-12-10-14-29(19-26)45-40(54)57-41(3,4)5/h8-14,18-24,44H,7,15-17,42H2,1-6H3,(H2,43,52)(H,45,54)(H,46,47,53)/b9-8+,13-11+. The van der Waals surface area contributed by atoms with Crippen molar-refractivity contribution in [3.05, 3.63) is 101 Å². The number of aryl methyl sites for hydroxylation is 2. The summed E-state index contributed by atoms with van der Waals surface area (Å²) in [7, 11) is 1.49. The van der Waals surface area contributed by atoms with E-state index in [1.54, 1.807) is 72.5 Å². The Morgan fingerprint density at radius 1 is 0.965 bits per heavy atom. The summed E-state index contributed by atoms with van der Waals surface area (Å²) >= 11 is 0. The van der Waals surface area contributed by atoms with E-state index in [1.165, 1.54) is 19.2 Å². The maximum Gasteiger partial charge on any atom is 0.412 e. The molecule has 3 aromatic carbocycles. The Labute approximate surface area is 329 Å². The molecule has 0 atom stereocenters. The molecule has 0 unspecified atom stereocenters. The summed E-state index contributed by atoms with van der Waals surface area (Å²) in [6.45, 7) is 10.2. The molecular weight excluding hydrogens is 731 g/mol. The van der Waals surface area contributed by atoms with Crippen LogP contribution in [0.3, 0.4) is 0 Å². The number of allylic oxidation sites excluding steroid dienone is 1. The van der Waals surface area contributed by atoms with Gasteiger partial charge in [0.15, 0.2) is 0 Å². The van der Waals surface area contributed by atoms with Gasteiger partial charge in [0, 0.05) is 36.4 Å². The molecule has 298 valence electrons. The number of carbonyl (C=O) groups is 4. The third-order valence-electron chi connectivity index (χ3n) is 8.29. The van der Waals surface area contributed by atoms with Crippen LogP contribution in [0.5, 0.6) is 11.5 Å². The molecule has 0 fully saturated rings. The lowest BCUT2D eigenvalue weighted by molar-refractivity contribution is 0.0635. The topological polar surface area (TPSA) is 220 Å². The van der Waals surface area contributed by atoms with E-state index in [1.807, 2.05) is 38.1 Å². The summed E-state index contributed by atoms with van der Waals surface area (Å²) in [5.41, 5.74) is 16.1. The van der Waals surface area contributed by atoms with Crippen molar-refractivity contribution in [3.63, 3.8) is 0 Å². The quantitative estimate of drug-likeness (QED) is 0.0418. The van der Waals surface area contributed by atoms with E-state index in [4.69, 9.17) is 25.7 Å². The smallest absolute Gasteiger partial charge is 0.412 e. The number of primary amides is 1. The highest BCUT2D eigenvalue weighted by atomic mass is 16.6. The predicted octanol–water partition coefficient (Wildman–Crippen LogP) is 6.42. The fourth-order valence-corrected chi connectivity index (χ4v) is 5.85. The van der Waals surface area contributed by atoms with Crippen molar-refractivity contribution in [2.24, 2.45) is 5.73 Å². The fraction of sp³-hybridized carbons (Fsp3) is 0.268. The largest absolute Gasteiger partial charge is 0.494 e. The summed E-state index contributed by atoms with van der Waals surface area (Å²) in [4.78, 5) is 54.0. The van der Waals surface area contributed by atoms with Gasteiger partial charge in [-0.05, 0) is 88.7 Å². The molecule has 0 aliphatic rings. The van der Waals surface area contributed by atoms with Gasteiger partial charge in [-0.2, -0.15) is 5.10 Å². The fourth-order valence-electron chi connectivity index (χ4n) is 5.85. The molecule has 2 aromatic heterocycles. The van der Waals surface area contributed by atoms with Gasteiger partial charge in [-0.15, -0.1) is 0 Å². The number of hydrogen-bond donors (Lipinski definition) is 5. The average molecular weight is 778 g/mol. The highest BCUT2D eigenvalue weighted by Gasteiger charge is 2.21. The maximum absolute atomic E-state index is 13.4. The third kappa shape index (κ3) is 10.6. The Kier molecular flexibility index (Phi) is 13.0. The zero-order valence-corrected chi connectivity index (χ0v) is 32.7. The van der Waals surface area contributed by atoms with Gasteiger partial charge in [-0.25, -0.2) is 9.78 Å². The van der Waals surface area contributed by atoms with Crippen molar-refractivity contribution in [3.8, 4) is 11.5 Å². The van der Waals surface area contributed by atoms with E-state index in [0.29, 0.717) is 70.2 Å². The van der Waals surface area contributed by atoms with Crippen LogP contribution in [0, 0.1) is 6.92 Å². The van der Waals surface area contributed by atoms with Crippen LogP contribution in [0.4, 0.5) is 27.8 Å². The monoisotopic (exact) mass is 777 g/mol. The SMILES string of the molecule is CCn1nc(C)cc1C(=O)Nc1nc2cc(C=O)cc(OC)c2n1C/C=C/CNc1c(N)cc(C(N)=O)cc1OC/C=C/c1cccc(NC(=O)OC(C)(C)C)c1. The zero-order valence-electron chi connectivity index (χ0n) is 32.7. The number of fused-ring (bicyclic) bond motifs is 1. The van der Waals surface area contributed by atoms with Crippen LogP contribution in [0.15, 0.2) is 72.8 Å². The second-order valence-corrected chi connectivity index (χ2v) is 13.8. The molecule has 5 rings (SSSR count). The van der Waals surface area contributed by atoms with Crippen molar-refractivity contribution >= 4 is 64.3 Å². The zero-order chi connectivity index (χ0) is 41.3. The molecule has 2 heterocycles. The lowest BCUT2D eigenvalue weighted by Crippen LogP contribution is -2.27. The van der Waals surface area contributed by atoms with Crippen LogP contribution in [0.25, 0.3) is 17.1 Å². The number of amides is 3. The van der Waals surface area contributed by atoms with Gasteiger partial charge >= 0.3 is 6.09 Å². The summed E-state index contributed by atoms with van der Waals surface area (Å²) in [5.74, 6) is -0.0908. The van der Waals surface area contributed by atoms with Crippen LogP contribution in [0.1, 0.15) is 70.2 Å².